The number of benzene rings is 1. The molecule has 0 saturated carbocycles. The predicted octanol–water partition coefficient (Wildman–Crippen LogP) is 4.31. The van der Waals surface area contributed by atoms with E-state index in [0.29, 0.717) is 31.7 Å². The maximum absolute atomic E-state index is 14.6. The van der Waals surface area contributed by atoms with Crippen LogP contribution in [0.1, 0.15) is 59.8 Å². The molecule has 220 valence electrons. The zero-order valence-electron chi connectivity index (χ0n) is 23.9. The number of allylic oxidation sites excluding steroid dienone is 1. The summed E-state index contributed by atoms with van der Waals surface area (Å²) in [4.78, 5) is 18.2. The van der Waals surface area contributed by atoms with Crippen molar-refractivity contribution in [3.63, 3.8) is 0 Å². The highest BCUT2D eigenvalue weighted by atomic mass is 19.2. The average Bonchev–Trinajstić information content (AvgIpc) is 2.92. The maximum Gasteiger partial charge on any atom is 0.407 e. The molecule has 4 rings (SSSR count). The molecule has 40 heavy (non-hydrogen) atoms. The van der Waals surface area contributed by atoms with Gasteiger partial charge in [0.05, 0.1) is 12.6 Å². The number of carbonyl (C=O) groups is 1. The molecule has 0 radical (unpaired) electrons. The van der Waals surface area contributed by atoms with Gasteiger partial charge in [0.2, 0.25) is 5.82 Å². The largest absolute Gasteiger partial charge is 0.490 e. The van der Waals surface area contributed by atoms with E-state index in [0.717, 1.165) is 25.7 Å². The van der Waals surface area contributed by atoms with Crippen LogP contribution in [0.5, 0.6) is 5.75 Å². The van der Waals surface area contributed by atoms with Crippen LogP contribution >= 0.6 is 0 Å². The van der Waals surface area contributed by atoms with Crippen molar-refractivity contribution in [2.75, 3.05) is 31.1 Å². The van der Waals surface area contributed by atoms with Crippen molar-refractivity contribution in [3.8, 4) is 5.75 Å². The third-order valence-electron chi connectivity index (χ3n) is 7.12. The van der Waals surface area contributed by atoms with Gasteiger partial charge in [-0.15, -0.1) is 0 Å². The van der Waals surface area contributed by atoms with Crippen LogP contribution in [0.15, 0.2) is 40.7 Å². The van der Waals surface area contributed by atoms with Gasteiger partial charge in [-0.05, 0) is 58.4 Å². The number of aliphatic imine (C=N–C) groups is 1. The lowest BCUT2D eigenvalue weighted by atomic mass is 9.95. The molecule has 3 aliphatic heterocycles. The summed E-state index contributed by atoms with van der Waals surface area (Å²) in [5.41, 5.74) is 2.46. The second-order valence-electron chi connectivity index (χ2n) is 11.3. The van der Waals surface area contributed by atoms with Crippen LogP contribution in [0, 0.1) is 11.6 Å². The maximum atomic E-state index is 14.6. The van der Waals surface area contributed by atoms with Gasteiger partial charge in [0.25, 0.3) is 0 Å². The summed E-state index contributed by atoms with van der Waals surface area (Å²) in [6.07, 6.45) is 8.97. The second-order valence-corrected chi connectivity index (χ2v) is 11.3. The predicted molar refractivity (Wildman–Crippen MR) is 152 cm³/mol. The van der Waals surface area contributed by atoms with Crippen LogP contribution in [0.2, 0.25) is 0 Å². The van der Waals surface area contributed by atoms with E-state index in [9.17, 15) is 13.6 Å². The second kappa shape index (κ2) is 13.3. The molecule has 3 unspecified atom stereocenters. The van der Waals surface area contributed by atoms with Gasteiger partial charge in [-0.3, -0.25) is 10.3 Å². The molecule has 1 aromatic carbocycles. The van der Waals surface area contributed by atoms with Gasteiger partial charge in [-0.2, -0.15) is 4.39 Å². The fourth-order valence-corrected chi connectivity index (χ4v) is 5.10. The van der Waals surface area contributed by atoms with Crippen LogP contribution in [0.3, 0.4) is 0 Å². The number of nitrogens with one attached hydrogen (secondary N) is 4. The quantitative estimate of drug-likeness (QED) is 0.317. The monoisotopic (exact) mass is 560 g/mol. The molecule has 1 aromatic rings. The van der Waals surface area contributed by atoms with Gasteiger partial charge < -0.3 is 30.3 Å². The van der Waals surface area contributed by atoms with Gasteiger partial charge in [0.15, 0.2) is 17.7 Å². The SMILES string of the molecule is CC1C2=C(CCN1c1cc(F)c(F)c(OCCCCCCNC(=O)OC(C)(C)C)c1)NC(C1N=CC=CN1)NC2. The molecule has 0 aromatic heterocycles. The summed E-state index contributed by atoms with van der Waals surface area (Å²) in [5.74, 6) is -1.95. The highest BCUT2D eigenvalue weighted by Gasteiger charge is 2.33. The molecule has 3 atom stereocenters. The third-order valence-corrected chi connectivity index (χ3v) is 7.12. The lowest BCUT2D eigenvalue weighted by molar-refractivity contribution is 0.0527. The molecule has 4 N–H and O–H groups in total. The van der Waals surface area contributed by atoms with Gasteiger partial charge in [0.1, 0.15) is 11.8 Å². The van der Waals surface area contributed by atoms with E-state index in [1.165, 1.54) is 17.3 Å². The summed E-state index contributed by atoms with van der Waals surface area (Å²) >= 11 is 0. The van der Waals surface area contributed by atoms with E-state index in [1.807, 2.05) is 33.0 Å². The van der Waals surface area contributed by atoms with E-state index >= 15 is 0 Å². The Labute approximate surface area is 235 Å². The molecular formula is C29H42F2N6O3. The standard InChI is InChI=1S/C29H42F2N6O3/c1-19-21-18-35-27(26-32-12-9-13-33-26)36-23(21)10-14-37(19)20-16-22(30)25(31)24(17-20)39-15-8-6-5-7-11-34-28(38)40-29(2,3)4/h9,12-13,16-17,19,26-27,32,35-36H,5-8,10-11,14-15,18H2,1-4H3,(H,34,38). The Morgan fingerprint density at radius 3 is 2.75 bits per heavy atom. The van der Waals surface area contributed by atoms with Crippen LogP contribution in [-0.4, -0.2) is 62.5 Å². The summed E-state index contributed by atoms with van der Waals surface area (Å²) in [5, 5.41) is 13.0. The van der Waals surface area contributed by atoms with Gasteiger partial charge in [-0.25, -0.2) is 9.18 Å². The van der Waals surface area contributed by atoms with Crippen molar-refractivity contribution in [2.45, 2.75) is 83.8 Å². The number of hydrogen-bond donors (Lipinski definition) is 4. The number of halogens is 2. The number of amides is 1. The first-order valence-electron chi connectivity index (χ1n) is 14.1. The number of anilines is 1. The van der Waals surface area contributed by atoms with Gasteiger partial charge in [-0.1, -0.05) is 12.8 Å². The highest BCUT2D eigenvalue weighted by molar-refractivity contribution is 5.72. The van der Waals surface area contributed by atoms with E-state index in [1.54, 1.807) is 12.3 Å². The third kappa shape index (κ3) is 7.87. The topological polar surface area (TPSA) is 99.2 Å². The van der Waals surface area contributed by atoms with E-state index in [-0.39, 0.29) is 30.7 Å². The first-order valence-corrected chi connectivity index (χ1v) is 14.1. The highest BCUT2D eigenvalue weighted by Crippen LogP contribution is 2.34. The number of alkyl carbamates (subject to hydrolysis) is 1. The first-order chi connectivity index (χ1) is 19.1. The van der Waals surface area contributed by atoms with Crippen LogP contribution in [0.4, 0.5) is 19.3 Å². The Bertz CT molecular complexity index is 1130. The van der Waals surface area contributed by atoms with Crippen molar-refractivity contribution >= 4 is 18.0 Å². The van der Waals surface area contributed by atoms with E-state index in [4.69, 9.17) is 9.47 Å². The Kier molecular flexibility index (Phi) is 9.89. The molecule has 3 heterocycles. The number of hydrogen-bond acceptors (Lipinski definition) is 8. The normalized spacial score (nSPS) is 22.4. The van der Waals surface area contributed by atoms with E-state index in [2.05, 4.69) is 38.1 Å². The lowest BCUT2D eigenvalue weighted by Crippen LogP contribution is -2.60. The summed E-state index contributed by atoms with van der Waals surface area (Å²) in [6, 6.07) is 2.85. The van der Waals surface area contributed by atoms with Crippen LogP contribution in [0.25, 0.3) is 0 Å². The average molecular weight is 561 g/mol. The summed E-state index contributed by atoms with van der Waals surface area (Å²) < 4.78 is 40.1. The van der Waals surface area contributed by atoms with Crippen molar-refractivity contribution in [3.05, 3.63) is 47.3 Å². The smallest absolute Gasteiger partial charge is 0.407 e. The summed E-state index contributed by atoms with van der Waals surface area (Å²) in [6.45, 7) is 9.71. The van der Waals surface area contributed by atoms with Crippen molar-refractivity contribution in [2.24, 2.45) is 4.99 Å². The van der Waals surface area contributed by atoms with Crippen molar-refractivity contribution < 1.29 is 23.0 Å². The number of nitrogens with zero attached hydrogens (tertiary/aromatic N) is 2. The number of carbonyl (C=O) groups excluding carboxylic acids is 1. The van der Waals surface area contributed by atoms with E-state index < -0.39 is 23.3 Å². The minimum atomic E-state index is -0.965. The molecule has 0 saturated heterocycles. The Morgan fingerprint density at radius 2 is 2.00 bits per heavy atom. The molecule has 9 nitrogen and oxygen atoms in total. The molecule has 0 spiro atoms. The van der Waals surface area contributed by atoms with Gasteiger partial charge >= 0.3 is 6.09 Å². The fourth-order valence-electron chi connectivity index (χ4n) is 5.10. The number of unbranched alkanes of at least 4 members (excludes halogenated alkanes) is 3. The van der Waals surface area contributed by atoms with Crippen LogP contribution < -0.4 is 30.9 Å². The van der Waals surface area contributed by atoms with Crippen LogP contribution in [-0.2, 0) is 4.74 Å². The number of ether oxygens (including phenoxy) is 2. The molecule has 0 aliphatic carbocycles. The summed E-state index contributed by atoms with van der Waals surface area (Å²) in [7, 11) is 0. The zero-order valence-corrected chi connectivity index (χ0v) is 23.9. The molecule has 0 fully saturated rings. The lowest BCUT2D eigenvalue weighted by Gasteiger charge is -2.44. The minimum Gasteiger partial charge on any atom is -0.490 e. The Morgan fingerprint density at radius 1 is 1.20 bits per heavy atom. The minimum absolute atomic E-state index is 0.000544. The Hall–Kier alpha value is -3.34. The van der Waals surface area contributed by atoms with Gasteiger partial charge in [0, 0.05) is 55.8 Å². The Balaban J connectivity index is 1.25. The molecular weight excluding hydrogens is 518 g/mol. The molecule has 1 amide bonds. The zero-order chi connectivity index (χ0) is 28.7. The molecule has 11 heteroatoms. The first kappa shape index (κ1) is 29.6. The van der Waals surface area contributed by atoms with Crippen molar-refractivity contribution in [1.82, 2.24) is 21.3 Å². The molecule has 0 bridgehead atoms. The molecule has 3 aliphatic rings. The number of rotatable bonds is 10. The fraction of sp³-hybridized carbons (Fsp3) is 0.586. The van der Waals surface area contributed by atoms with Crippen molar-refractivity contribution in [1.29, 1.82) is 0 Å².